The van der Waals surface area contributed by atoms with Gasteiger partial charge in [0, 0.05) is 60.2 Å². The number of rotatable bonds is 10. The minimum atomic E-state index is -0.686. The molecule has 4 aromatic rings. The van der Waals surface area contributed by atoms with Crippen molar-refractivity contribution in [1.82, 2.24) is 9.47 Å². The first-order chi connectivity index (χ1) is 21.3. The third-order valence-corrected chi connectivity index (χ3v) is 7.54. The predicted molar refractivity (Wildman–Crippen MR) is 166 cm³/mol. The zero-order valence-electron chi connectivity index (χ0n) is 24.9. The quantitative estimate of drug-likeness (QED) is 0.165. The average Bonchev–Trinajstić information content (AvgIpc) is 3.41. The van der Waals surface area contributed by atoms with E-state index in [-0.39, 0.29) is 24.6 Å². The molecule has 5 rings (SSSR count). The number of benzene rings is 3. The lowest BCUT2D eigenvalue weighted by Crippen LogP contribution is -2.50. The lowest BCUT2D eigenvalue weighted by Gasteiger charge is -2.35. The maximum Gasteiger partial charge on any atom is 0.325 e. The largest absolute Gasteiger partial charge is 0.497 e. The van der Waals surface area contributed by atoms with Crippen LogP contribution in [0.25, 0.3) is 10.9 Å². The van der Waals surface area contributed by atoms with Crippen LogP contribution in [0.4, 0.5) is 11.4 Å². The Bertz CT molecular complexity index is 1670. The van der Waals surface area contributed by atoms with Crippen LogP contribution in [0.2, 0.25) is 0 Å². The number of nitrogens with one attached hydrogen (secondary N) is 1. The van der Waals surface area contributed by atoms with Crippen molar-refractivity contribution in [3.8, 4) is 11.5 Å². The van der Waals surface area contributed by atoms with Gasteiger partial charge in [0.25, 0.3) is 17.6 Å². The molecule has 44 heavy (non-hydrogen) atoms. The zero-order valence-corrected chi connectivity index (χ0v) is 24.9. The smallest absolute Gasteiger partial charge is 0.325 e. The van der Waals surface area contributed by atoms with Crippen LogP contribution >= 0.6 is 0 Å². The fraction of sp³-hybridized carbons (Fsp3) is 0.273. The molecule has 2 heterocycles. The van der Waals surface area contributed by atoms with E-state index in [9.17, 15) is 19.2 Å². The van der Waals surface area contributed by atoms with Crippen molar-refractivity contribution >= 4 is 45.8 Å². The zero-order chi connectivity index (χ0) is 31.2. The number of esters is 1. The Morgan fingerprint density at radius 3 is 2.07 bits per heavy atom. The molecule has 1 aliphatic rings. The van der Waals surface area contributed by atoms with E-state index in [0.717, 1.165) is 11.4 Å². The van der Waals surface area contributed by atoms with Crippen LogP contribution in [0, 0.1) is 0 Å². The lowest BCUT2D eigenvalue weighted by molar-refractivity contribution is -0.143. The van der Waals surface area contributed by atoms with Crippen LogP contribution in [0.1, 0.15) is 27.6 Å². The molecular weight excluding hydrogens is 564 g/mol. The molecule has 1 N–H and O–H groups in total. The number of amides is 2. The number of piperazine rings is 1. The molecule has 11 heteroatoms. The Labute approximate surface area is 254 Å². The second-order valence-corrected chi connectivity index (χ2v) is 10.2. The summed E-state index contributed by atoms with van der Waals surface area (Å²) in [7, 11) is 3.16. The number of nitrogens with zero attached hydrogens (tertiary/aromatic N) is 3. The van der Waals surface area contributed by atoms with E-state index in [1.807, 2.05) is 24.3 Å². The maximum absolute atomic E-state index is 13.7. The molecule has 2 amide bonds. The first-order valence-corrected chi connectivity index (χ1v) is 14.3. The number of anilines is 2. The van der Waals surface area contributed by atoms with E-state index < -0.39 is 17.7 Å². The molecule has 11 nitrogen and oxygen atoms in total. The fourth-order valence-corrected chi connectivity index (χ4v) is 5.20. The summed E-state index contributed by atoms with van der Waals surface area (Å²) in [6.45, 7) is 3.68. The summed E-state index contributed by atoms with van der Waals surface area (Å²) < 4.78 is 17.1. The van der Waals surface area contributed by atoms with Gasteiger partial charge in [-0.1, -0.05) is 0 Å². The van der Waals surface area contributed by atoms with E-state index in [0.29, 0.717) is 54.1 Å². The van der Waals surface area contributed by atoms with Gasteiger partial charge in [-0.15, -0.1) is 0 Å². The minimum absolute atomic E-state index is 0.135. The van der Waals surface area contributed by atoms with Crippen molar-refractivity contribution in [3.63, 3.8) is 0 Å². The van der Waals surface area contributed by atoms with E-state index in [1.54, 1.807) is 73.1 Å². The van der Waals surface area contributed by atoms with Gasteiger partial charge >= 0.3 is 5.97 Å². The fourth-order valence-electron chi connectivity index (χ4n) is 5.20. The van der Waals surface area contributed by atoms with Crippen LogP contribution in [-0.2, 0) is 20.9 Å². The SMILES string of the molecule is CCOC(=O)Cn1cc(C(=O)C(=O)N2CCN(c3ccc(OC)cc3)CC2)c2cc(NC(=O)c3ccc(OC)cc3)ccc21. The second kappa shape index (κ2) is 13.3. The Balaban J connectivity index is 1.37. The minimum Gasteiger partial charge on any atom is -0.497 e. The Morgan fingerprint density at radius 2 is 1.45 bits per heavy atom. The van der Waals surface area contributed by atoms with Gasteiger partial charge in [-0.25, -0.2) is 0 Å². The van der Waals surface area contributed by atoms with Gasteiger partial charge in [0.15, 0.2) is 0 Å². The summed E-state index contributed by atoms with van der Waals surface area (Å²) in [6, 6.07) is 19.4. The van der Waals surface area contributed by atoms with Crippen molar-refractivity contribution in [2.45, 2.75) is 13.5 Å². The van der Waals surface area contributed by atoms with Gasteiger partial charge in [-0.3, -0.25) is 19.2 Å². The third kappa shape index (κ3) is 6.51. The first-order valence-electron chi connectivity index (χ1n) is 14.3. The molecule has 0 radical (unpaired) electrons. The van der Waals surface area contributed by atoms with Crippen LogP contribution in [-0.4, -0.2) is 80.0 Å². The van der Waals surface area contributed by atoms with Gasteiger partial charge in [0.1, 0.15) is 18.0 Å². The van der Waals surface area contributed by atoms with Gasteiger partial charge < -0.3 is 33.9 Å². The van der Waals surface area contributed by atoms with Crippen LogP contribution in [0.3, 0.4) is 0 Å². The highest BCUT2D eigenvalue weighted by Crippen LogP contribution is 2.27. The molecule has 0 aliphatic carbocycles. The molecule has 0 saturated carbocycles. The number of aromatic nitrogens is 1. The summed E-state index contributed by atoms with van der Waals surface area (Å²) in [5.41, 5.74) is 2.57. The summed E-state index contributed by atoms with van der Waals surface area (Å²) in [5, 5.41) is 3.29. The number of fused-ring (bicyclic) bond motifs is 1. The summed E-state index contributed by atoms with van der Waals surface area (Å²) in [6.07, 6.45) is 1.50. The number of ketones is 1. The number of Topliss-reactive ketones (excluding diaryl/α,β-unsaturated/α-hetero) is 1. The van der Waals surface area contributed by atoms with Gasteiger partial charge in [-0.2, -0.15) is 0 Å². The molecular formula is C33H34N4O7. The molecule has 0 unspecified atom stereocenters. The van der Waals surface area contributed by atoms with Crippen LogP contribution < -0.4 is 19.7 Å². The third-order valence-electron chi connectivity index (χ3n) is 7.54. The Hall–Kier alpha value is -5.32. The molecule has 1 saturated heterocycles. The van der Waals surface area contributed by atoms with Crippen LogP contribution in [0.5, 0.6) is 11.5 Å². The molecule has 3 aromatic carbocycles. The second-order valence-electron chi connectivity index (χ2n) is 10.2. The molecule has 0 atom stereocenters. The number of ether oxygens (including phenoxy) is 3. The molecule has 1 aliphatic heterocycles. The molecule has 228 valence electrons. The van der Waals surface area contributed by atoms with E-state index in [2.05, 4.69) is 10.2 Å². The topological polar surface area (TPSA) is 119 Å². The van der Waals surface area contributed by atoms with Crippen molar-refractivity contribution < 1.29 is 33.4 Å². The van der Waals surface area contributed by atoms with Crippen molar-refractivity contribution in [2.24, 2.45) is 0 Å². The summed E-state index contributed by atoms with van der Waals surface area (Å²) in [4.78, 5) is 56.1. The molecule has 1 fully saturated rings. The van der Waals surface area contributed by atoms with Crippen molar-refractivity contribution in [2.75, 3.05) is 57.2 Å². The van der Waals surface area contributed by atoms with Gasteiger partial charge in [-0.05, 0) is 73.7 Å². The number of hydrogen-bond donors (Lipinski definition) is 1. The highest BCUT2D eigenvalue weighted by Gasteiger charge is 2.29. The summed E-state index contributed by atoms with van der Waals surface area (Å²) in [5.74, 6) is -0.742. The van der Waals surface area contributed by atoms with E-state index in [1.165, 1.54) is 6.20 Å². The highest BCUT2D eigenvalue weighted by atomic mass is 16.5. The van der Waals surface area contributed by atoms with E-state index in [4.69, 9.17) is 14.2 Å². The molecule has 0 bridgehead atoms. The highest BCUT2D eigenvalue weighted by molar-refractivity contribution is 6.45. The molecule has 0 spiro atoms. The predicted octanol–water partition coefficient (Wildman–Crippen LogP) is 4.01. The van der Waals surface area contributed by atoms with Crippen LogP contribution in [0.15, 0.2) is 72.9 Å². The Kier molecular flexibility index (Phi) is 9.13. The maximum atomic E-state index is 13.7. The summed E-state index contributed by atoms with van der Waals surface area (Å²) >= 11 is 0. The van der Waals surface area contributed by atoms with E-state index >= 15 is 0 Å². The Morgan fingerprint density at radius 1 is 0.818 bits per heavy atom. The number of carbonyl (C=O) groups is 4. The van der Waals surface area contributed by atoms with Crippen molar-refractivity contribution in [1.29, 1.82) is 0 Å². The first kappa shape index (κ1) is 30.1. The average molecular weight is 599 g/mol. The standard InChI is InChI=1S/C33H34N4O7/c1-4-44-30(38)21-37-20-28(27-19-23(7-14-29(27)37)34-32(40)22-5-10-25(42-2)11-6-22)31(39)33(41)36-17-15-35(16-18-36)24-8-12-26(43-3)13-9-24/h5-14,19-20H,4,15-18,21H2,1-3H3,(H,34,40). The number of carbonyl (C=O) groups excluding carboxylic acids is 4. The number of hydrogen-bond acceptors (Lipinski definition) is 8. The normalized spacial score (nSPS) is 13.0. The number of methoxy groups -OCH3 is 2. The van der Waals surface area contributed by atoms with Gasteiger partial charge in [0.2, 0.25) is 0 Å². The van der Waals surface area contributed by atoms with Crippen molar-refractivity contribution in [3.05, 3.63) is 84.1 Å². The molecule has 1 aromatic heterocycles. The van der Waals surface area contributed by atoms with Gasteiger partial charge in [0.05, 0.1) is 26.4 Å². The monoisotopic (exact) mass is 598 g/mol. The lowest BCUT2D eigenvalue weighted by atomic mass is 10.1.